The number of nitrogens with zero attached hydrogens (tertiary/aromatic N) is 3. The standard InChI is InChI=1S/C10H19N5/c1-5-7(2)15(4)9-6-8(12-3)13-10(11)14-9/h6-7H,5H2,1-4H3,(H3,11,12,13,14). The van der Waals surface area contributed by atoms with E-state index in [0.29, 0.717) is 12.0 Å². The van der Waals surface area contributed by atoms with Gasteiger partial charge in [-0.1, -0.05) is 6.92 Å². The van der Waals surface area contributed by atoms with Crippen molar-refractivity contribution >= 4 is 17.6 Å². The van der Waals surface area contributed by atoms with Crippen molar-refractivity contribution < 1.29 is 0 Å². The lowest BCUT2D eigenvalue weighted by Crippen LogP contribution is -2.29. The number of hydrogen-bond acceptors (Lipinski definition) is 5. The van der Waals surface area contributed by atoms with E-state index >= 15 is 0 Å². The number of anilines is 3. The van der Waals surface area contributed by atoms with Crippen molar-refractivity contribution in [1.82, 2.24) is 9.97 Å². The average molecular weight is 209 g/mol. The summed E-state index contributed by atoms with van der Waals surface area (Å²) in [6, 6.07) is 2.33. The Hall–Kier alpha value is -1.52. The molecule has 1 heterocycles. The van der Waals surface area contributed by atoms with Crippen LogP contribution >= 0.6 is 0 Å². The number of hydrogen-bond donors (Lipinski definition) is 2. The van der Waals surface area contributed by atoms with Gasteiger partial charge in [0.2, 0.25) is 5.95 Å². The Morgan fingerprint density at radius 2 is 2.20 bits per heavy atom. The van der Waals surface area contributed by atoms with Crippen LogP contribution in [0.5, 0.6) is 0 Å². The Bertz CT molecular complexity index is 326. The van der Waals surface area contributed by atoms with Crippen LogP contribution in [0.15, 0.2) is 6.07 Å². The molecule has 0 bridgehead atoms. The number of nitrogens with two attached hydrogens (primary N) is 1. The molecule has 0 saturated heterocycles. The molecule has 84 valence electrons. The van der Waals surface area contributed by atoms with Crippen LogP contribution in [0.25, 0.3) is 0 Å². The van der Waals surface area contributed by atoms with Gasteiger partial charge in [0.05, 0.1) is 0 Å². The lowest BCUT2D eigenvalue weighted by molar-refractivity contribution is 0.657. The summed E-state index contributed by atoms with van der Waals surface area (Å²) < 4.78 is 0. The second kappa shape index (κ2) is 4.82. The minimum atomic E-state index is 0.298. The van der Waals surface area contributed by atoms with Crippen molar-refractivity contribution in [3.63, 3.8) is 0 Å². The molecule has 15 heavy (non-hydrogen) atoms. The molecule has 0 aromatic carbocycles. The summed E-state index contributed by atoms with van der Waals surface area (Å²) in [4.78, 5) is 10.3. The van der Waals surface area contributed by atoms with Gasteiger partial charge in [0.1, 0.15) is 11.6 Å². The predicted octanol–water partition coefficient (Wildman–Crippen LogP) is 1.34. The highest BCUT2D eigenvalue weighted by Crippen LogP contribution is 2.18. The summed E-state index contributed by atoms with van der Waals surface area (Å²) in [6.45, 7) is 4.29. The van der Waals surface area contributed by atoms with Gasteiger partial charge in [0.15, 0.2) is 0 Å². The first kappa shape index (κ1) is 11.6. The molecule has 0 amide bonds. The van der Waals surface area contributed by atoms with E-state index in [4.69, 9.17) is 5.73 Å². The van der Waals surface area contributed by atoms with Crippen LogP contribution in [0.4, 0.5) is 17.6 Å². The second-order valence-corrected chi connectivity index (χ2v) is 3.59. The fourth-order valence-electron chi connectivity index (χ4n) is 1.26. The zero-order valence-electron chi connectivity index (χ0n) is 9.78. The smallest absolute Gasteiger partial charge is 0.223 e. The molecule has 3 N–H and O–H groups in total. The molecule has 0 radical (unpaired) electrons. The maximum Gasteiger partial charge on any atom is 0.223 e. The fourth-order valence-corrected chi connectivity index (χ4v) is 1.26. The monoisotopic (exact) mass is 209 g/mol. The highest BCUT2D eigenvalue weighted by molar-refractivity contribution is 5.52. The van der Waals surface area contributed by atoms with Gasteiger partial charge in [0, 0.05) is 26.2 Å². The van der Waals surface area contributed by atoms with E-state index in [0.717, 1.165) is 18.1 Å². The van der Waals surface area contributed by atoms with Crippen molar-refractivity contribution in [3.05, 3.63) is 6.07 Å². The highest BCUT2D eigenvalue weighted by Gasteiger charge is 2.11. The lowest BCUT2D eigenvalue weighted by atomic mass is 10.2. The summed E-state index contributed by atoms with van der Waals surface area (Å²) in [5, 5.41) is 2.96. The van der Waals surface area contributed by atoms with Crippen LogP contribution < -0.4 is 16.0 Å². The molecule has 1 aromatic rings. The molecule has 0 saturated carbocycles. The van der Waals surface area contributed by atoms with Crippen LogP contribution in [0, 0.1) is 0 Å². The number of aromatic nitrogens is 2. The minimum Gasteiger partial charge on any atom is -0.373 e. The predicted molar refractivity (Wildman–Crippen MR) is 64.1 cm³/mol. The van der Waals surface area contributed by atoms with E-state index in [-0.39, 0.29) is 0 Å². The largest absolute Gasteiger partial charge is 0.373 e. The van der Waals surface area contributed by atoms with Crippen LogP contribution in [0.2, 0.25) is 0 Å². The molecular weight excluding hydrogens is 190 g/mol. The normalized spacial score (nSPS) is 12.3. The molecule has 0 aliphatic rings. The van der Waals surface area contributed by atoms with Gasteiger partial charge in [-0.15, -0.1) is 0 Å². The first-order valence-corrected chi connectivity index (χ1v) is 5.13. The first-order valence-electron chi connectivity index (χ1n) is 5.13. The molecule has 1 rings (SSSR count). The van der Waals surface area contributed by atoms with Gasteiger partial charge < -0.3 is 16.0 Å². The number of rotatable bonds is 4. The van der Waals surface area contributed by atoms with Crippen LogP contribution in [-0.4, -0.2) is 30.1 Å². The zero-order chi connectivity index (χ0) is 11.4. The van der Waals surface area contributed by atoms with Crippen LogP contribution in [0.1, 0.15) is 20.3 Å². The molecule has 1 atom stereocenters. The van der Waals surface area contributed by atoms with E-state index in [1.807, 2.05) is 20.2 Å². The summed E-state index contributed by atoms with van der Waals surface area (Å²) in [5.41, 5.74) is 5.63. The summed E-state index contributed by atoms with van der Waals surface area (Å²) in [7, 11) is 3.82. The molecule has 0 aliphatic heterocycles. The topological polar surface area (TPSA) is 67.1 Å². The van der Waals surface area contributed by atoms with Gasteiger partial charge in [-0.25, -0.2) is 0 Å². The van der Waals surface area contributed by atoms with Crippen molar-refractivity contribution in [1.29, 1.82) is 0 Å². The lowest BCUT2D eigenvalue weighted by Gasteiger charge is -2.25. The van der Waals surface area contributed by atoms with Gasteiger partial charge in [-0.3, -0.25) is 0 Å². The van der Waals surface area contributed by atoms with Crippen molar-refractivity contribution in [2.75, 3.05) is 30.0 Å². The van der Waals surface area contributed by atoms with Crippen LogP contribution in [0.3, 0.4) is 0 Å². The maximum absolute atomic E-state index is 5.63. The Morgan fingerprint density at radius 1 is 1.53 bits per heavy atom. The molecule has 1 aromatic heterocycles. The third-order valence-electron chi connectivity index (χ3n) is 2.60. The number of nitrogen functional groups attached to an aromatic ring is 1. The van der Waals surface area contributed by atoms with Crippen LogP contribution in [-0.2, 0) is 0 Å². The number of nitrogens with one attached hydrogen (secondary N) is 1. The molecule has 0 fully saturated rings. The quantitative estimate of drug-likeness (QED) is 0.783. The molecule has 0 aliphatic carbocycles. The van der Waals surface area contributed by atoms with E-state index in [1.54, 1.807) is 0 Å². The van der Waals surface area contributed by atoms with Gasteiger partial charge in [0.25, 0.3) is 0 Å². The third-order valence-corrected chi connectivity index (χ3v) is 2.60. The molecule has 1 unspecified atom stereocenters. The Kier molecular flexibility index (Phi) is 3.71. The molecule has 0 spiro atoms. The van der Waals surface area contributed by atoms with Crippen molar-refractivity contribution in [2.24, 2.45) is 0 Å². The molecule has 5 heteroatoms. The third kappa shape index (κ3) is 2.71. The maximum atomic E-state index is 5.63. The van der Waals surface area contributed by atoms with E-state index in [9.17, 15) is 0 Å². The first-order chi connectivity index (χ1) is 7.08. The fraction of sp³-hybridized carbons (Fsp3) is 0.600. The SMILES string of the molecule is CCC(C)N(C)c1cc(NC)nc(N)n1. The summed E-state index contributed by atoms with van der Waals surface area (Å²) in [5.74, 6) is 1.89. The van der Waals surface area contributed by atoms with Crippen molar-refractivity contribution in [3.8, 4) is 0 Å². The molecule has 5 nitrogen and oxygen atoms in total. The van der Waals surface area contributed by atoms with Gasteiger partial charge in [-0.05, 0) is 13.3 Å². The van der Waals surface area contributed by atoms with E-state index < -0.39 is 0 Å². The summed E-state index contributed by atoms with van der Waals surface area (Å²) in [6.07, 6.45) is 1.06. The Balaban J connectivity index is 2.97. The van der Waals surface area contributed by atoms with Crippen molar-refractivity contribution in [2.45, 2.75) is 26.3 Å². The Labute approximate surface area is 90.7 Å². The Morgan fingerprint density at radius 3 is 2.73 bits per heavy atom. The minimum absolute atomic E-state index is 0.298. The summed E-state index contributed by atoms with van der Waals surface area (Å²) >= 11 is 0. The van der Waals surface area contributed by atoms with E-state index in [1.165, 1.54) is 0 Å². The second-order valence-electron chi connectivity index (χ2n) is 3.59. The highest BCUT2D eigenvalue weighted by atomic mass is 15.2. The average Bonchev–Trinajstić information content (AvgIpc) is 2.26. The zero-order valence-corrected chi connectivity index (χ0v) is 9.78. The molecular formula is C10H19N5. The van der Waals surface area contributed by atoms with Gasteiger partial charge >= 0.3 is 0 Å². The van der Waals surface area contributed by atoms with Gasteiger partial charge in [-0.2, -0.15) is 9.97 Å². The van der Waals surface area contributed by atoms with E-state index in [2.05, 4.69) is 34.0 Å².